The first kappa shape index (κ1) is 14.4. The molecule has 112 valence electrons. The highest BCUT2D eigenvalue weighted by molar-refractivity contribution is 6.52. The molecule has 1 amide bonds. The Balaban J connectivity index is 1.80. The maximum atomic E-state index is 11.6. The lowest BCUT2D eigenvalue weighted by molar-refractivity contribution is -0.112. The third-order valence-corrected chi connectivity index (χ3v) is 4.29. The largest absolute Gasteiger partial charge is 0.381 e. The van der Waals surface area contributed by atoms with Gasteiger partial charge in [-0.05, 0) is 30.9 Å². The van der Waals surface area contributed by atoms with Gasteiger partial charge in [0.15, 0.2) is 0 Å². The number of carbonyl (C=O) groups is 2. The van der Waals surface area contributed by atoms with E-state index in [0.717, 1.165) is 38.3 Å². The van der Waals surface area contributed by atoms with Crippen LogP contribution in [0.1, 0.15) is 23.2 Å². The van der Waals surface area contributed by atoms with Crippen LogP contribution < -0.4 is 10.2 Å². The van der Waals surface area contributed by atoms with Gasteiger partial charge in [-0.3, -0.25) is 9.59 Å². The molecule has 1 saturated heterocycles. The van der Waals surface area contributed by atoms with Gasteiger partial charge < -0.3 is 15.0 Å². The number of hydrogen-bond donors (Lipinski definition) is 1. The zero-order valence-corrected chi connectivity index (χ0v) is 12.6. The topological polar surface area (TPSA) is 58.6 Å². The Bertz CT molecular complexity index is 597. The number of fused-ring (bicyclic) bond motifs is 1. The van der Waals surface area contributed by atoms with Crippen LogP contribution in [0.3, 0.4) is 0 Å². The molecule has 1 unspecified atom stereocenters. The first-order valence-electron chi connectivity index (χ1n) is 7.04. The Morgan fingerprint density at radius 3 is 2.95 bits per heavy atom. The summed E-state index contributed by atoms with van der Waals surface area (Å²) in [6.45, 7) is 2.44. The molecule has 1 N–H and O–H groups in total. The number of halogens is 1. The van der Waals surface area contributed by atoms with Crippen LogP contribution in [-0.4, -0.2) is 38.5 Å². The number of nitrogens with zero attached hydrogens (tertiary/aromatic N) is 1. The van der Waals surface area contributed by atoms with Crippen LogP contribution in [0.5, 0.6) is 0 Å². The van der Waals surface area contributed by atoms with E-state index in [1.54, 1.807) is 12.1 Å². The lowest BCUT2D eigenvalue weighted by Gasteiger charge is -2.29. The summed E-state index contributed by atoms with van der Waals surface area (Å²) < 4.78 is 5.49. The second-order valence-corrected chi connectivity index (χ2v) is 6.00. The van der Waals surface area contributed by atoms with Crippen LogP contribution >= 0.6 is 11.6 Å². The number of hydrogen-bond acceptors (Lipinski definition) is 4. The highest BCUT2D eigenvalue weighted by atomic mass is 35.5. The first-order valence-corrected chi connectivity index (χ1v) is 7.42. The summed E-state index contributed by atoms with van der Waals surface area (Å²) in [6, 6.07) is 3.34. The molecule has 0 radical (unpaired) electrons. The van der Waals surface area contributed by atoms with E-state index >= 15 is 0 Å². The number of amides is 1. The van der Waals surface area contributed by atoms with Crippen molar-refractivity contribution in [3.63, 3.8) is 0 Å². The zero-order chi connectivity index (χ0) is 15.0. The molecule has 6 heteroatoms. The number of Topliss-reactive ketones (excluding diaryl/α,β-unsaturated/α-hetero) is 1. The van der Waals surface area contributed by atoms with E-state index < -0.39 is 11.7 Å². The molecule has 2 heterocycles. The molecule has 1 aromatic rings. The smallest absolute Gasteiger partial charge is 0.296 e. The summed E-state index contributed by atoms with van der Waals surface area (Å²) in [6.07, 6.45) is 2.23. The molecule has 2 aliphatic rings. The van der Waals surface area contributed by atoms with Crippen LogP contribution in [0, 0.1) is 5.92 Å². The van der Waals surface area contributed by atoms with Crippen molar-refractivity contribution in [1.29, 1.82) is 0 Å². The third kappa shape index (κ3) is 2.76. The average molecular weight is 309 g/mol. The summed E-state index contributed by atoms with van der Waals surface area (Å²) in [4.78, 5) is 25.1. The predicted octanol–water partition coefficient (Wildman–Crippen LogP) is 2.34. The lowest BCUT2D eigenvalue weighted by Crippen LogP contribution is -2.31. The summed E-state index contributed by atoms with van der Waals surface area (Å²) >= 11 is 6.27. The number of nitrogens with one attached hydrogen (secondary N) is 1. The molecule has 1 fully saturated rings. The number of carbonyl (C=O) groups excluding carboxylic acids is 2. The van der Waals surface area contributed by atoms with E-state index in [9.17, 15) is 9.59 Å². The van der Waals surface area contributed by atoms with Gasteiger partial charge in [-0.15, -0.1) is 0 Å². The molecule has 0 spiro atoms. The van der Waals surface area contributed by atoms with Gasteiger partial charge in [0.1, 0.15) is 0 Å². The van der Waals surface area contributed by atoms with Gasteiger partial charge in [0, 0.05) is 20.2 Å². The second-order valence-electron chi connectivity index (χ2n) is 5.60. The Labute approximate surface area is 128 Å². The van der Waals surface area contributed by atoms with E-state index in [-0.39, 0.29) is 0 Å². The molecule has 0 aliphatic carbocycles. The molecule has 0 bridgehead atoms. The second kappa shape index (κ2) is 5.66. The number of ketones is 1. The Kier molecular flexibility index (Phi) is 3.87. The van der Waals surface area contributed by atoms with Crippen molar-refractivity contribution < 1.29 is 14.3 Å². The Morgan fingerprint density at radius 1 is 1.43 bits per heavy atom. The van der Waals surface area contributed by atoms with Gasteiger partial charge in [0.05, 0.1) is 28.6 Å². The van der Waals surface area contributed by atoms with Gasteiger partial charge in [-0.1, -0.05) is 11.6 Å². The van der Waals surface area contributed by atoms with Gasteiger partial charge in [0.2, 0.25) is 0 Å². The number of rotatable bonds is 3. The van der Waals surface area contributed by atoms with Crippen LogP contribution in [0.2, 0.25) is 5.02 Å². The minimum atomic E-state index is -0.596. The van der Waals surface area contributed by atoms with Crippen LogP contribution in [-0.2, 0) is 9.53 Å². The highest BCUT2D eigenvalue weighted by Crippen LogP contribution is 2.35. The van der Waals surface area contributed by atoms with E-state index in [1.165, 1.54) is 0 Å². The number of benzene rings is 1. The quantitative estimate of drug-likeness (QED) is 0.871. The van der Waals surface area contributed by atoms with Crippen LogP contribution in [0.4, 0.5) is 11.4 Å². The van der Waals surface area contributed by atoms with Crippen LogP contribution in [0.15, 0.2) is 12.1 Å². The molecular formula is C15H17ClN2O3. The molecular weight excluding hydrogens is 292 g/mol. The fourth-order valence-corrected chi connectivity index (χ4v) is 3.19. The van der Waals surface area contributed by atoms with Crippen molar-refractivity contribution in [3.8, 4) is 0 Å². The summed E-state index contributed by atoms with van der Waals surface area (Å²) in [5.74, 6) is -0.646. The summed E-state index contributed by atoms with van der Waals surface area (Å²) in [5, 5.41) is 3.06. The molecule has 1 aromatic carbocycles. The average Bonchev–Trinajstić information content (AvgIpc) is 2.74. The summed E-state index contributed by atoms with van der Waals surface area (Å²) in [7, 11) is 1.96. The van der Waals surface area contributed by atoms with Gasteiger partial charge in [0.25, 0.3) is 11.7 Å². The van der Waals surface area contributed by atoms with Crippen molar-refractivity contribution >= 4 is 34.7 Å². The zero-order valence-electron chi connectivity index (χ0n) is 11.8. The van der Waals surface area contributed by atoms with Crippen molar-refractivity contribution in [2.24, 2.45) is 5.92 Å². The predicted molar refractivity (Wildman–Crippen MR) is 81.2 cm³/mol. The van der Waals surface area contributed by atoms with Crippen molar-refractivity contribution in [1.82, 2.24) is 0 Å². The molecule has 0 saturated carbocycles. The monoisotopic (exact) mass is 308 g/mol. The molecule has 5 nitrogen and oxygen atoms in total. The molecule has 21 heavy (non-hydrogen) atoms. The minimum Gasteiger partial charge on any atom is -0.381 e. The lowest BCUT2D eigenvalue weighted by atomic mass is 10.0. The fraction of sp³-hybridized carbons (Fsp3) is 0.467. The number of ether oxygens (including phenoxy) is 1. The molecule has 1 atom stereocenters. The van der Waals surface area contributed by atoms with Gasteiger partial charge in [-0.2, -0.15) is 0 Å². The molecule has 2 aliphatic heterocycles. The van der Waals surface area contributed by atoms with E-state index in [2.05, 4.69) is 10.2 Å². The van der Waals surface area contributed by atoms with E-state index in [0.29, 0.717) is 22.2 Å². The van der Waals surface area contributed by atoms with Gasteiger partial charge in [-0.25, -0.2) is 0 Å². The fourth-order valence-electron chi connectivity index (χ4n) is 2.88. The standard InChI is InChI=1S/C15H17ClN2O3/c1-18(7-9-3-2-4-21-8-9)13-6-12-10(5-11(13)16)14(19)15(20)17-12/h5-6,9H,2-4,7-8H2,1H3,(H,17,19,20). The normalized spacial score (nSPS) is 21.1. The molecule has 3 rings (SSSR count). The van der Waals surface area contributed by atoms with Crippen LogP contribution in [0.25, 0.3) is 0 Å². The van der Waals surface area contributed by atoms with E-state index in [4.69, 9.17) is 16.3 Å². The summed E-state index contributed by atoms with van der Waals surface area (Å²) in [5.41, 5.74) is 1.70. The maximum absolute atomic E-state index is 11.6. The van der Waals surface area contributed by atoms with Crippen molar-refractivity contribution in [2.45, 2.75) is 12.8 Å². The number of anilines is 2. The highest BCUT2D eigenvalue weighted by Gasteiger charge is 2.29. The SMILES string of the molecule is CN(CC1CCCOC1)c1cc2c(cc1Cl)C(=O)C(=O)N2. The minimum absolute atomic E-state index is 0.350. The van der Waals surface area contributed by atoms with Crippen molar-refractivity contribution in [3.05, 3.63) is 22.7 Å². The van der Waals surface area contributed by atoms with E-state index in [1.807, 2.05) is 7.05 Å². The first-order chi connectivity index (χ1) is 10.1. The third-order valence-electron chi connectivity index (χ3n) is 3.98. The Hall–Kier alpha value is -1.59. The van der Waals surface area contributed by atoms with Gasteiger partial charge >= 0.3 is 0 Å². The Morgan fingerprint density at radius 2 is 2.24 bits per heavy atom. The maximum Gasteiger partial charge on any atom is 0.296 e. The van der Waals surface area contributed by atoms with Crippen molar-refractivity contribution in [2.75, 3.05) is 37.0 Å². The molecule has 0 aromatic heterocycles.